The molecule has 0 unspecified atom stereocenters. The molecule has 1 aliphatic heterocycles. The van der Waals surface area contributed by atoms with Crippen LogP contribution in [-0.2, 0) is 4.79 Å². The molecule has 0 aromatic heterocycles. The number of carbonyl (C=O) groups excluding carboxylic acids is 1. The lowest BCUT2D eigenvalue weighted by atomic mass is 10.1. The topological polar surface area (TPSA) is 78.8 Å². The number of rotatable bonds is 3. The SMILES string of the molecule is Cc1cccc(C)c1N=C1NC(=O)/C(=C\c2ccc(C(=O)O)cc2)S1. The number of amides is 1. The highest BCUT2D eigenvalue weighted by Crippen LogP contribution is 2.30. The zero-order valence-electron chi connectivity index (χ0n) is 13.7. The molecule has 0 atom stereocenters. The van der Waals surface area contributed by atoms with Gasteiger partial charge in [0.05, 0.1) is 16.2 Å². The zero-order chi connectivity index (χ0) is 18.0. The van der Waals surface area contributed by atoms with Gasteiger partial charge >= 0.3 is 5.97 Å². The Labute approximate surface area is 149 Å². The molecule has 1 amide bonds. The van der Waals surface area contributed by atoms with Crippen LogP contribution in [0.4, 0.5) is 5.69 Å². The minimum Gasteiger partial charge on any atom is -0.478 e. The normalized spacial score (nSPS) is 17.1. The number of thioether (sulfide) groups is 1. The van der Waals surface area contributed by atoms with Crippen LogP contribution in [0.3, 0.4) is 0 Å². The Hall–Kier alpha value is -2.86. The van der Waals surface area contributed by atoms with Crippen molar-refractivity contribution in [1.29, 1.82) is 0 Å². The minimum atomic E-state index is -0.977. The molecule has 0 aliphatic carbocycles. The van der Waals surface area contributed by atoms with Gasteiger partial charge < -0.3 is 10.4 Å². The van der Waals surface area contributed by atoms with Crippen LogP contribution in [-0.4, -0.2) is 22.2 Å². The van der Waals surface area contributed by atoms with Gasteiger partial charge in [-0.3, -0.25) is 4.79 Å². The Morgan fingerprint density at radius 2 is 1.76 bits per heavy atom. The number of carboxylic acids is 1. The summed E-state index contributed by atoms with van der Waals surface area (Å²) in [6.07, 6.45) is 1.72. The van der Waals surface area contributed by atoms with Crippen molar-refractivity contribution in [3.05, 3.63) is 69.6 Å². The third-order valence-electron chi connectivity index (χ3n) is 3.76. The van der Waals surface area contributed by atoms with Crippen LogP contribution in [0.1, 0.15) is 27.0 Å². The van der Waals surface area contributed by atoms with E-state index in [1.807, 2.05) is 32.0 Å². The lowest BCUT2D eigenvalue weighted by molar-refractivity contribution is -0.115. The molecule has 1 heterocycles. The first-order chi connectivity index (χ1) is 11.9. The summed E-state index contributed by atoms with van der Waals surface area (Å²) in [5.41, 5.74) is 3.92. The highest BCUT2D eigenvalue weighted by atomic mass is 32.2. The number of nitrogens with zero attached hydrogens (tertiary/aromatic N) is 1. The predicted octanol–water partition coefficient (Wildman–Crippen LogP) is 3.89. The van der Waals surface area contributed by atoms with Gasteiger partial charge in [-0.15, -0.1) is 0 Å². The summed E-state index contributed by atoms with van der Waals surface area (Å²) in [5, 5.41) is 12.2. The standard InChI is InChI=1S/C19H16N2O3S/c1-11-4-3-5-12(2)16(11)20-19-21-17(22)15(25-19)10-13-6-8-14(9-7-13)18(23)24/h3-10H,1-2H3,(H,23,24)(H,20,21,22)/b15-10+. The number of aryl methyl sites for hydroxylation is 2. The second kappa shape index (κ2) is 6.94. The fourth-order valence-electron chi connectivity index (χ4n) is 2.44. The number of nitrogens with one attached hydrogen (secondary N) is 1. The van der Waals surface area contributed by atoms with Crippen molar-refractivity contribution in [3.63, 3.8) is 0 Å². The molecule has 0 radical (unpaired) electrons. The second-order valence-electron chi connectivity index (χ2n) is 5.65. The van der Waals surface area contributed by atoms with Gasteiger partial charge in [-0.2, -0.15) is 0 Å². The van der Waals surface area contributed by atoms with Gasteiger partial charge in [0, 0.05) is 0 Å². The van der Waals surface area contributed by atoms with E-state index in [1.165, 1.54) is 23.9 Å². The number of hydrogen-bond donors (Lipinski definition) is 2. The maximum Gasteiger partial charge on any atom is 0.335 e. The Balaban J connectivity index is 1.85. The Morgan fingerprint density at radius 1 is 1.12 bits per heavy atom. The van der Waals surface area contributed by atoms with E-state index < -0.39 is 5.97 Å². The summed E-state index contributed by atoms with van der Waals surface area (Å²) in [7, 11) is 0. The zero-order valence-corrected chi connectivity index (χ0v) is 14.6. The lowest BCUT2D eigenvalue weighted by Crippen LogP contribution is -2.19. The highest BCUT2D eigenvalue weighted by Gasteiger charge is 2.24. The maximum absolute atomic E-state index is 12.1. The summed E-state index contributed by atoms with van der Waals surface area (Å²) in [6.45, 7) is 3.96. The summed E-state index contributed by atoms with van der Waals surface area (Å²) in [4.78, 5) is 28.1. The van der Waals surface area contributed by atoms with E-state index in [4.69, 9.17) is 5.11 Å². The van der Waals surface area contributed by atoms with Gasteiger partial charge in [0.1, 0.15) is 0 Å². The first-order valence-corrected chi connectivity index (χ1v) is 8.45. The molecule has 5 nitrogen and oxygen atoms in total. The number of benzene rings is 2. The number of aromatic carboxylic acids is 1. The first-order valence-electron chi connectivity index (χ1n) is 7.63. The Kier molecular flexibility index (Phi) is 4.72. The van der Waals surface area contributed by atoms with Crippen molar-refractivity contribution in [2.24, 2.45) is 4.99 Å². The largest absolute Gasteiger partial charge is 0.478 e. The van der Waals surface area contributed by atoms with Crippen LogP contribution in [0.25, 0.3) is 6.08 Å². The summed E-state index contributed by atoms with van der Waals surface area (Å²) >= 11 is 1.27. The van der Waals surface area contributed by atoms with E-state index >= 15 is 0 Å². The van der Waals surface area contributed by atoms with Gasteiger partial charge in [0.25, 0.3) is 5.91 Å². The fraction of sp³-hybridized carbons (Fsp3) is 0.105. The van der Waals surface area contributed by atoms with Crippen molar-refractivity contribution in [3.8, 4) is 0 Å². The second-order valence-corrected chi connectivity index (χ2v) is 6.68. The molecule has 1 aliphatic rings. The molecule has 25 heavy (non-hydrogen) atoms. The monoisotopic (exact) mass is 352 g/mol. The van der Waals surface area contributed by atoms with Gasteiger partial charge in [-0.05, 0) is 60.5 Å². The Bertz CT molecular complexity index is 895. The van der Waals surface area contributed by atoms with E-state index in [0.29, 0.717) is 10.1 Å². The van der Waals surface area contributed by atoms with E-state index in [9.17, 15) is 9.59 Å². The smallest absolute Gasteiger partial charge is 0.335 e. The van der Waals surface area contributed by atoms with Crippen molar-refractivity contribution < 1.29 is 14.7 Å². The quantitative estimate of drug-likeness (QED) is 0.821. The molecular formula is C19H16N2O3S. The minimum absolute atomic E-state index is 0.211. The van der Waals surface area contributed by atoms with Crippen LogP contribution in [0.2, 0.25) is 0 Å². The van der Waals surface area contributed by atoms with E-state index in [1.54, 1.807) is 18.2 Å². The molecule has 1 fully saturated rings. The van der Waals surface area contributed by atoms with Gasteiger partial charge in [0.2, 0.25) is 0 Å². The van der Waals surface area contributed by atoms with Crippen LogP contribution in [0.15, 0.2) is 52.4 Å². The highest BCUT2D eigenvalue weighted by molar-refractivity contribution is 8.18. The molecular weight excluding hydrogens is 336 g/mol. The predicted molar refractivity (Wildman–Crippen MR) is 100 cm³/mol. The molecule has 0 spiro atoms. The molecule has 126 valence electrons. The number of para-hydroxylation sites is 1. The summed E-state index contributed by atoms with van der Waals surface area (Å²) in [6, 6.07) is 12.3. The summed E-state index contributed by atoms with van der Waals surface area (Å²) < 4.78 is 0. The number of aliphatic imine (C=N–C) groups is 1. The molecule has 3 rings (SSSR count). The first kappa shape index (κ1) is 17.0. The molecule has 0 saturated carbocycles. The van der Waals surface area contributed by atoms with Crippen molar-refractivity contribution in [2.75, 3.05) is 0 Å². The molecule has 2 aromatic carbocycles. The Morgan fingerprint density at radius 3 is 2.36 bits per heavy atom. The molecule has 1 saturated heterocycles. The lowest BCUT2D eigenvalue weighted by Gasteiger charge is -2.04. The third kappa shape index (κ3) is 3.80. The van der Waals surface area contributed by atoms with Gasteiger partial charge in [-0.1, -0.05) is 30.3 Å². The van der Waals surface area contributed by atoms with Crippen molar-refractivity contribution in [1.82, 2.24) is 5.32 Å². The van der Waals surface area contributed by atoms with E-state index in [0.717, 1.165) is 22.4 Å². The average molecular weight is 352 g/mol. The van der Waals surface area contributed by atoms with Crippen LogP contribution < -0.4 is 5.32 Å². The molecule has 2 N–H and O–H groups in total. The third-order valence-corrected chi connectivity index (χ3v) is 4.67. The van der Waals surface area contributed by atoms with Gasteiger partial charge in [0.15, 0.2) is 5.17 Å². The van der Waals surface area contributed by atoms with E-state index in [-0.39, 0.29) is 11.5 Å². The van der Waals surface area contributed by atoms with E-state index in [2.05, 4.69) is 10.3 Å². The molecule has 2 aromatic rings. The number of carbonyl (C=O) groups is 2. The molecule has 6 heteroatoms. The maximum atomic E-state index is 12.1. The average Bonchev–Trinajstić information content (AvgIpc) is 2.91. The number of hydrogen-bond acceptors (Lipinski definition) is 4. The fourth-order valence-corrected chi connectivity index (χ4v) is 3.27. The van der Waals surface area contributed by atoms with Crippen LogP contribution in [0.5, 0.6) is 0 Å². The van der Waals surface area contributed by atoms with Crippen LogP contribution in [0, 0.1) is 13.8 Å². The van der Waals surface area contributed by atoms with Crippen LogP contribution >= 0.6 is 11.8 Å². The number of carboxylic acid groups (broad SMARTS) is 1. The van der Waals surface area contributed by atoms with Crippen molar-refractivity contribution >= 4 is 40.6 Å². The molecule has 0 bridgehead atoms. The summed E-state index contributed by atoms with van der Waals surface area (Å²) in [5.74, 6) is -1.19. The van der Waals surface area contributed by atoms with Crippen molar-refractivity contribution in [2.45, 2.75) is 13.8 Å². The number of amidine groups is 1. The van der Waals surface area contributed by atoms with Gasteiger partial charge in [-0.25, -0.2) is 9.79 Å².